The van der Waals surface area contributed by atoms with Crippen molar-refractivity contribution < 1.29 is 0 Å². The molecule has 1 atom stereocenters. The minimum Gasteiger partial charge on any atom is -0.299 e. The molecule has 1 aliphatic rings. The molecule has 0 aliphatic carbocycles. The maximum Gasteiger partial charge on any atom is 0.0452 e. The van der Waals surface area contributed by atoms with Crippen LogP contribution in [0.4, 0.5) is 0 Å². The van der Waals surface area contributed by atoms with Gasteiger partial charge in [0, 0.05) is 29.0 Å². The van der Waals surface area contributed by atoms with Crippen LogP contribution in [0.3, 0.4) is 0 Å². The molecule has 94 valence electrons. The first-order valence-electron chi connectivity index (χ1n) is 5.91. The summed E-state index contributed by atoms with van der Waals surface area (Å²) in [7, 11) is 0. The fourth-order valence-corrected chi connectivity index (χ4v) is 2.95. The number of benzene rings is 1. The number of piperidine rings is 1. The summed E-state index contributed by atoms with van der Waals surface area (Å²) < 4.78 is 0. The van der Waals surface area contributed by atoms with Crippen LogP contribution in [0, 0.1) is 5.92 Å². The van der Waals surface area contributed by atoms with Gasteiger partial charge in [0.2, 0.25) is 0 Å². The normalized spacial score (nSPS) is 21.7. The van der Waals surface area contributed by atoms with Gasteiger partial charge in [-0.15, -0.1) is 11.6 Å². The van der Waals surface area contributed by atoms with Crippen LogP contribution in [-0.4, -0.2) is 23.9 Å². The first kappa shape index (κ1) is 13.5. The van der Waals surface area contributed by atoms with Crippen molar-refractivity contribution in [2.24, 2.45) is 5.92 Å². The fourth-order valence-electron chi connectivity index (χ4n) is 2.33. The molecule has 0 N–H and O–H groups in total. The molecule has 17 heavy (non-hydrogen) atoms. The van der Waals surface area contributed by atoms with Gasteiger partial charge in [-0.3, -0.25) is 4.90 Å². The predicted molar refractivity (Wildman–Crippen MR) is 75.2 cm³/mol. The van der Waals surface area contributed by atoms with Gasteiger partial charge in [0.25, 0.3) is 0 Å². The Hall–Kier alpha value is 0.0500. The van der Waals surface area contributed by atoms with Crippen LogP contribution in [-0.2, 0) is 6.54 Å². The average molecular weight is 293 g/mol. The van der Waals surface area contributed by atoms with Crippen molar-refractivity contribution in [3.63, 3.8) is 0 Å². The molecule has 1 aliphatic heterocycles. The molecule has 1 aromatic carbocycles. The van der Waals surface area contributed by atoms with Gasteiger partial charge < -0.3 is 0 Å². The third-order valence-electron chi connectivity index (χ3n) is 3.22. The van der Waals surface area contributed by atoms with Crippen LogP contribution in [0.1, 0.15) is 18.4 Å². The van der Waals surface area contributed by atoms with Crippen molar-refractivity contribution in [1.29, 1.82) is 0 Å². The summed E-state index contributed by atoms with van der Waals surface area (Å²) in [6.45, 7) is 3.05. The number of nitrogens with zero attached hydrogens (tertiary/aromatic N) is 1. The molecule has 4 heteroatoms. The van der Waals surface area contributed by atoms with Crippen LogP contribution < -0.4 is 0 Å². The predicted octanol–water partition coefficient (Wildman–Crippen LogP) is 4.44. The minimum atomic E-state index is 0.614. The Morgan fingerprint density at radius 2 is 2.12 bits per heavy atom. The fraction of sp³-hybridized carbons (Fsp3) is 0.538. The van der Waals surface area contributed by atoms with Gasteiger partial charge in [0.15, 0.2) is 0 Å². The van der Waals surface area contributed by atoms with Gasteiger partial charge in [-0.05, 0) is 49.1 Å². The first-order chi connectivity index (χ1) is 8.19. The minimum absolute atomic E-state index is 0.614. The number of rotatable bonds is 3. The standard InChI is InChI=1S/C13H16Cl3N/c14-7-10-2-1-5-17(8-10)9-11-6-12(15)3-4-13(11)16/h3-4,6,10H,1-2,5,7-9H2. The summed E-state index contributed by atoms with van der Waals surface area (Å²) >= 11 is 18.1. The highest BCUT2D eigenvalue weighted by atomic mass is 35.5. The lowest BCUT2D eigenvalue weighted by molar-refractivity contribution is 0.178. The number of likely N-dealkylation sites (tertiary alicyclic amines) is 1. The van der Waals surface area contributed by atoms with E-state index in [1.165, 1.54) is 12.8 Å². The second-order valence-corrected chi connectivity index (χ2v) is 5.79. The molecule has 1 nitrogen and oxygen atoms in total. The molecule has 1 unspecified atom stereocenters. The maximum absolute atomic E-state index is 6.17. The summed E-state index contributed by atoms with van der Waals surface area (Å²) in [6.07, 6.45) is 2.46. The lowest BCUT2D eigenvalue weighted by atomic mass is 9.99. The number of alkyl halides is 1. The zero-order chi connectivity index (χ0) is 12.3. The zero-order valence-corrected chi connectivity index (χ0v) is 11.9. The van der Waals surface area contributed by atoms with E-state index in [0.29, 0.717) is 5.92 Å². The molecule has 0 bridgehead atoms. The molecule has 1 fully saturated rings. The van der Waals surface area contributed by atoms with Crippen molar-refractivity contribution in [1.82, 2.24) is 4.90 Å². The van der Waals surface area contributed by atoms with Crippen LogP contribution in [0.5, 0.6) is 0 Å². The van der Waals surface area contributed by atoms with Gasteiger partial charge >= 0.3 is 0 Å². The van der Waals surface area contributed by atoms with Crippen LogP contribution in [0.2, 0.25) is 10.0 Å². The van der Waals surface area contributed by atoms with E-state index in [0.717, 1.165) is 41.1 Å². The van der Waals surface area contributed by atoms with E-state index in [4.69, 9.17) is 34.8 Å². The smallest absolute Gasteiger partial charge is 0.0452 e. The summed E-state index contributed by atoms with van der Waals surface area (Å²) in [4.78, 5) is 2.41. The Labute approximate surface area is 118 Å². The maximum atomic E-state index is 6.17. The van der Waals surface area contributed by atoms with Crippen molar-refractivity contribution in [2.45, 2.75) is 19.4 Å². The van der Waals surface area contributed by atoms with E-state index in [1.54, 1.807) is 0 Å². The average Bonchev–Trinajstić information content (AvgIpc) is 2.34. The molecule has 1 saturated heterocycles. The largest absolute Gasteiger partial charge is 0.299 e. The molecular weight excluding hydrogens is 277 g/mol. The Bertz CT molecular complexity index is 381. The van der Waals surface area contributed by atoms with Gasteiger partial charge in [-0.1, -0.05) is 23.2 Å². The molecule has 0 amide bonds. The van der Waals surface area contributed by atoms with Gasteiger partial charge in [0.1, 0.15) is 0 Å². The second-order valence-electron chi connectivity index (χ2n) is 4.63. The van der Waals surface area contributed by atoms with Crippen LogP contribution in [0.25, 0.3) is 0 Å². The lowest BCUT2D eigenvalue weighted by Crippen LogP contribution is -2.35. The molecule has 1 aromatic rings. The number of hydrogen-bond acceptors (Lipinski definition) is 1. The highest BCUT2D eigenvalue weighted by Gasteiger charge is 2.19. The van der Waals surface area contributed by atoms with E-state index in [1.807, 2.05) is 18.2 Å². The first-order valence-corrected chi connectivity index (χ1v) is 7.20. The number of hydrogen-bond donors (Lipinski definition) is 0. The summed E-state index contributed by atoms with van der Waals surface area (Å²) in [6, 6.07) is 5.64. The Morgan fingerprint density at radius 3 is 2.88 bits per heavy atom. The van der Waals surface area contributed by atoms with Gasteiger partial charge in [-0.2, -0.15) is 0 Å². The molecule has 0 aromatic heterocycles. The van der Waals surface area contributed by atoms with E-state index >= 15 is 0 Å². The lowest BCUT2D eigenvalue weighted by Gasteiger charge is -2.32. The zero-order valence-electron chi connectivity index (χ0n) is 9.63. The van der Waals surface area contributed by atoms with E-state index < -0.39 is 0 Å². The van der Waals surface area contributed by atoms with Crippen LogP contribution >= 0.6 is 34.8 Å². The quantitative estimate of drug-likeness (QED) is 0.744. The third kappa shape index (κ3) is 3.75. The SMILES string of the molecule is ClCC1CCCN(Cc2cc(Cl)ccc2Cl)C1. The van der Waals surface area contributed by atoms with Crippen molar-refractivity contribution in [2.75, 3.05) is 19.0 Å². The monoisotopic (exact) mass is 291 g/mol. The van der Waals surface area contributed by atoms with E-state index in [9.17, 15) is 0 Å². The molecule has 0 saturated carbocycles. The highest BCUT2D eigenvalue weighted by molar-refractivity contribution is 6.33. The molecule has 0 spiro atoms. The van der Waals surface area contributed by atoms with Gasteiger partial charge in [0.05, 0.1) is 0 Å². The topological polar surface area (TPSA) is 3.24 Å². The summed E-state index contributed by atoms with van der Waals surface area (Å²) in [5.74, 6) is 1.36. The van der Waals surface area contributed by atoms with Crippen molar-refractivity contribution >= 4 is 34.8 Å². The van der Waals surface area contributed by atoms with E-state index in [-0.39, 0.29) is 0 Å². The van der Waals surface area contributed by atoms with Crippen LogP contribution in [0.15, 0.2) is 18.2 Å². The second kappa shape index (κ2) is 6.29. The van der Waals surface area contributed by atoms with Crippen molar-refractivity contribution in [3.8, 4) is 0 Å². The molecular formula is C13H16Cl3N. The summed E-state index contributed by atoms with van der Waals surface area (Å²) in [5, 5.41) is 1.54. The molecule has 1 heterocycles. The Kier molecular flexibility index (Phi) is 4.98. The molecule has 2 rings (SSSR count). The molecule has 0 radical (unpaired) electrons. The number of halogens is 3. The van der Waals surface area contributed by atoms with E-state index in [2.05, 4.69) is 4.90 Å². The third-order valence-corrected chi connectivity index (χ3v) is 4.26. The Morgan fingerprint density at radius 1 is 1.29 bits per heavy atom. The van der Waals surface area contributed by atoms with Gasteiger partial charge in [-0.25, -0.2) is 0 Å². The highest BCUT2D eigenvalue weighted by Crippen LogP contribution is 2.25. The van der Waals surface area contributed by atoms with Crippen molar-refractivity contribution in [3.05, 3.63) is 33.8 Å². The Balaban J connectivity index is 2.02. The summed E-state index contributed by atoms with van der Waals surface area (Å²) in [5.41, 5.74) is 1.11.